The van der Waals surface area contributed by atoms with Crippen LogP contribution >= 0.6 is 7.82 Å². The van der Waals surface area contributed by atoms with Crippen LogP contribution in [0.5, 0.6) is 0 Å². The molecular weight excluding hydrogens is 797 g/mol. The van der Waals surface area contributed by atoms with E-state index in [4.69, 9.17) is 18.5 Å². The maximum absolute atomic E-state index is 12.7. The number of hydrogen-bond donors (Lipinski definition) is 4. The number of hydrogen-bond acceptors (Lipinski definition) is 10. The largest absolute Gasteiger partial charge is 0.472 e. The Bertz CT molecular complexity index is 1370. The second-order valence-corrected chi connectivity index (χ2v) is 17.7. The number of allylic oxidation sites excluding steroid dienone is 12. The smallest absolute Gasteiger partial charge is 0.462 e. The summed E-state index contributed by atoms with van der Waals surface area (Å²) < 4.78 is 34.0. The number of likely N-dealkylation sites (N-methyl/N-ethyl adjacent to an activating group) is 1. The Kier molecular flexibility index (Phi) is 36.9. The summed E-state index contributed by atoms with van der Waals surface area (Å²) in [6.45, 7) is 3.84. The molecule has 0 rings (SSSR count). The molecule has 4 N–H and O–H groups in total. The summed E-state index contributed by atoms with van der Waals surface area (Å²) in [5.74, 6) is -1.16. The molecule has 0 heterocycles. The minimum absolute atomic E-state index is 0.0331. The van der Waals surface area contributed by atoms with Crippen molar-refractivity contribution in [2.75, 3.05) is 47.5 Å². The molecule has 0 aromatic heterocycles. The Labute approximate surface area is 369 Å². The summed E-state index contributed by atoms with van der Waals surface area (Å²) in [5.41, 5.74) is 0. The molecule has 0 spiro atoms. The van der Waals surface area contributed by atoms with E-state index in [0.29, 0.717) is 17.4 Å². The third-order valence-electron chi connectivity index (χ3n) is 9.26. The maximum atomic E-state index is 12.7. The summed E-state index contributed by atoms with van der Waals surface area (Å²) in [6.07, 6.45) is 38.6. The normalized spacial score (nSPS) is 15.9. The van der Waals surface area contributed by atoms with Gasteiger partial charge >= 0.3 is 19.8 Å². The molecule has 5 atom stereocenters. The van der Waals surface area contributed by atoms with Crippen LogP contribution in [0.15, 0.2) is 85.1 Å². The molecule has 0 radical (unpaired) electrons. The predicted molar refractivity (Wildman–Crippen MR) is 247 cm³/mol. The molecule has 0 aliphatic heterocycles. The van der Waals surface area contributed by atoms with Crippen LogP contribution in [0.4, 0.5) is 0 Å². The quantitative estimate of drug-likeness (QED) is 0.0116. The van der Waals surface area contributed by atoms with Crippen LogP contribution < -0.4 is 0 Å². The molecule has 12 nitrogen and oxygen atoms in total. The zero-order valence-electron chi connectivity index (χ0n) is 38.2. The Balaban J connectivity index is 4.73. The molecule has 0 saturated carbocycles. The number of aliphatic hydroxyl groups is 3. The monoisotopic (exact) mass is 881 g/mol. The van der Waals surface area contributed by atoms with E-state index in [2.05, 4.69) is 50.3 Å². The minimum Gasteiger partial charge on any atom is -0.462 e. The van der Waals surface area contributed by atoms with E-state index in [-0.39, 0.29) is 32.3 Å². The standard InChI is InChI=1S/C48H82NO11P/c1-6-8-10-11-12-13-14-15-16-17-18-19-20-21-22-27-31-37-48(54)60-44(42-59-61(55,56)58-40-39-49(3,4)5)41-57-47(53)38-32-36-46(52)45(51)35-30-26-24-23-25-29-34-43(50)33-28-9-7-2/h12-13,15-16,18-19,23-26,29-30,34-35,43-46,50-52H,6-11,14,17,20-22,27-28,31-33,36-42H2,1-5H3/p+1/b13-12-,16-15-,19-18-,25-23-,26-24+,34-29+,35-30+/t43-,44-,45-,46-/m1/s1. The molecule has 0 saturated heterocycles. The van der Waals surface area contributed by atoms with Crippen molar-refractivity contribution >= 4 is 19.8 Å². The van der Waals surface area contributed by atoms with Gasteiger partial charge < -0.3 is 34.2 Å². The fourth-order valence-corrected chi connectivity index (χ4v) is 6.26. The number of aliphatic hydroxyl groups excluding tert-OH is 3. The van der Waals surface area contributed by atoms with E-state index in [1.54, 1.807) is 42.5 Å². The highest BCUT2D eigenvalue weighted by molar-refractivity contribution is 7.47. The average Bonchev–Trinajstić information content (AvgIpc) is 3.20. The molecule has 0 aromatic carbocycles. The highest BCUT2D eigenvalue weighted by Gasteiger charge is 2.27. The first-order chi connectivity index (χ1) is 29.2. The zero-order chi connectivity index (χ0) is 45.5. The predicted octanol–water partition coefficient (Wildman–Crippen LogP) is 9.71. The number of phosphoric acid groups is 1. The number of nitrogens with zero attached hydrogens (tertiary/aromatic N) is 1. The lowest BCUT2D eigenvalue weighted by molar-refractivity contribution is -0.870. The Morgan fingerprint density at radius 2 is 1.18 bits per heavy atom. The number of carbonyl (C=O) groups excluding carboxylic acids is 2. The van der Waals surface area contributed by atoms with Gasteiger partial charge in [0.25, 0.3) is 0 Å². The highest BCUT2D eigenvalue weighted by atomic mass is 31.2. The number of carbonyl (C=O) groups is 2. The van der Waals surface area contributed by atoms with Crippen LogP contribution in [0.2, 0.25) is 0 Å². The lowest BCUT2D eigenvalue weighted by Crippen LogP contribution is -2.37. The van der Waals surface area contributed by atoms with Crippen LogP contribution in [-0.4, -0.2) is 109 Å². The van der Waals surface area contributed by atoms with Crippen LogP contribution in [0, 0.1) is 0 Å². The number of ether oxygens (including phenoxy) is 2. The summed E-state index contributed by atoms with van der Waals surface area (Å²) in [4.78, 5) is 35.4. The fourth-order valence-electron chi connectivity index (χ4n) is 5.52. The van der Waals surface area contributed by atoms with Crippen LogP contribution in [0.1, 0.15) is 136 Å². The molecule has 0 amide bonds. The Morgan fingerprint density at radius 1 is 0.623 bits per heavy atom. The van der Waals surface area contributed by atoms with Gasteiger partial charge in [0.1, 0.15) is 19.8 Å². The molecule has 0 fully saturated rings. The van der Waals surface area contributed by atoms with Gasteiger partial charge in [0.2, 0.25) is 0 Å². The van der Waals surface area contributed by atoms with Crippen molar-refractivity contribution in [2.45, 2.75) is 160 Å². The first-order valence-electron chi connectivity index (χ1n) is 22.6. The van der Waals surface area contributed by atoms with Crippen LogP contribution in [-0.2, 0) is 32.7 Å². The van der Waals surface area contributed by atoms with Crippen molar-refractivity contribution in [1.82, 2.24) is 0 Å². The summed E-state index contributed by atoms with van der Waals surface area (Å²) >= 11 is 0. The summed E-state index contributed by atoms with van der Waals surface area (Å²) in [7, 11) is 1.26. The molecular formula is C48H83NO11P+. The van der Waals surface area contributed by atoms with Gasteiger partial charge in [-0.3, -0.25) is 18.6 Å². The SMILES string of the molecule is CCCCC/C=C\C/C=C\C/C=C\CCCCCCC(=O)O[C@H](COC(=O)CCC[C@@H](O)[C@H](O)/C=C/C=C/C=C\C=C\[C@H](O)CCCCC)COP(=O)(O)OCC[N+](C)(C)C. The second-order valence-electron chi connectivity index (χ2n) is 16.3. The topological polar surface area (TPSA) is 169 Å². The average molecular weight is 881 g/mol. The van der Waals surface area contributed by atoms with Crippen LogP contribution in [0.3, 0.4) is 0 Å². The first kappa shape index (κ1) is 58.1. The van der Waals surface area contributed by atoms with Crippen molar-refractivity contribution in [1.29, 1.82) is 0 Å². The van der Waals surface area contributed by atoms with Crippen molar-refractivity contribution in [2.24, 2.45) is 0 Å². The van der Waals surface area contributed by atoms with Crippen molar-refractivity contribution in [3.05, 3.63) is 85.1 Å². The lowest BCUT2D eigenvalue weighted by atomic mass is 10.1. The molecule has 1 unspecified atom stereocenters. The van der Waals surface area contributed by atoms with Gasteiger partial charge in [-0.1, -0.05) is 144 Å². The number of rotatable bonds is 39. The molecule has 13 heteroatoms. The Morgan fingerprint density at radius 3 is 1.82 bits per heavy atom. The molecule has 0 aliphatic rings. The van der Waals surface area contributed by atoms with E-state index in [0.717, 1.165) is 70.6 Å². The number of phosphoric ester groups is 1. The van der Waals surface area contributed by atoms with E-state index < -0.39 is 57.4 Å². The first-order valence-corrected chi connectivity index (χ1v) is 24.1. The number of quaternary nitrogens is 1. The van der Waals surface area contributed by atoms with Gasteiger partial charge in [0.15, 0.2) is 6.10 Å². The van der Waals surface area contributed by atoms with Gasteiger partial charge in [0.05, 0.1) is 46.1 Å². The third kappa shape index (κ3) is 40.9. The molecule has 350 valence electrons. The van der Waals surface area contributed by atoms with E-state index in [9.17, 15) is 34.4 Å². The lowest BCUT2D eigenvalue weighted by Gasteiger charge is -2.24. The van der Waals surface area contributed by atoms with Crippen molar-refractivity contribution in [3.63, 3.8) is 0 Å². The zero-order valence-corrected chi connectivity index (χ0v) is 39.1. The van der Waals surface area contributed by atoms with Crippen molar-refractivity contribution in [3.8, 4) is 0 Å². The van der Waals surface area contributed by atoms with Crippen LogP contribution in [0.25, 0.3) is 0 Å². The Hall–Kier alpha value is -2.93. The van der Waals surface area contributed by atoms with Gasteiger partial charge in [-0.25, -0.2) is 4.57 Å². The molecule has 0 bridgehead atoms. The van der Waals surface area contributed by atoms with Gasteiger partial charge in [-0.15, -0.1) is 0 Å². The molecule has 0 aliphatic carbocycles. The van der Waals surface area contributed by atoms with E-state index in [1.807, 2.05) is 21.1 Å². The highest BCUT2D eigenvalue weighted by Crippen LogP contribution is 2.43. The number of esters is 2. The molecule has 61 heavy (non-hydrogen) atoms. The number of unbranched alkanes of at least 4 members (excludes halogenated alkanes) is 9. The molecule has 0 aromatic rings. The second kappa shape index (κ2) is 38.7. The van der Waals surface area contributed by atoms with E-state index in [1.165, 1.54) is 25.3 Å². The fraction of sp³-hybridized carbons (Fsp3) is 0.667. The summed E-state index contributed by atoms with van der Waals surface area (Å²) in [5, 5.41) is 30.5. The van der Waals surface area contributed by atoms with Gasteiger partial charge in [0, 0.05) is 12.8 Å². The van der Waals surface area contributed by atoms with Gasteiger partial charge in [-0.2, -0.15) is 0 Å². The maximum Gasteiger partial charge on any atom is 0.472 e. The van der Waals surface area contributed by atoms with E-state index >= 15 is 0 Å². The summed E-state index contributed by atoms with van der Waals surface area (Å²) in [6, 6.07) is 0. The third-order valence-corrected chi connectivity index (χ3v) is 10.2. The van der Waals surface area contributed by atoms with Crippen molar-refractivity contribution < 1.29 is 57.4 Å². The minimum atomic E-state index is -4.47. The van der Waals surface area contributed by atoms with Gasteiger partial charge in [-0.05, 0) is 64.2 Å².